The Morgan fingerprint density at radius 1 is 0.983 bits per heavy atom. The summed E-state index contributed by atoms with van der Waals surface area (Å²) in [4.78, 5) is 62.0. The Kier molecular flexibility index (Phi) is 19.2. The first-order valence-electron chi connectivity index (χ1n) is 19.6. The van der Waals surface area contributed by atoms with Crippen molar-refractivity contribution in [2.24, 2.45) is 40.6 Å². The number of ether oxygens (including phenoxy) is 6. The van der Waals surface area contributed by atoms with Crippen molar-refractivity contribution in [2.45, 2.75) is 117 Å². The van der Waals surface area contributed by atoms with Crippen LogP contribution in [0.3, 0.4) is 0 Å². The number of methoxy groups -OCH3 is 2. The topological polar surface area (TPSA) is 228 Å². The largest absolute Gasteiger partial charge is 0.493 e. The van der Waals surface area contributed by atoms with Crippen molar-refractivity contribution in [3.05, 3.63) is 23.8 Å². The molecule has 1 aliphatic carbocycles. The predicted molar refractivity (Wildman–Crippen MR) is 208 cm³/mol. The molecule has 59 heavy (non-hydrogen) atoms. The molecule has 336 valence electrons. The van der Waals surface area contributed by atoms with E-state index in [1.54, 1.807) is 28.1 Å². The minimum atomic E-state index is -5.08. The first-order chi connectivity index (χ1) is 27.4. The summed E-state index contributed by atoms with van der Waals surface area (Å²) in [5.41, 5.74) is 10.6. The highest BCUT2D eigenvalue weighted by atomic mass is 19.4. The highest BCUT2D eigenvalue weighted by molar-refractivity contribution is 5.84. The molecule has 2 fully saturated rings. The number of carbonyl (C=O) groups is 5. The van der Waals surface area contributed by atoms with Crippen molar-refractivity contribution in [3.8, 4) is 11.5 Å². The summed E-state index contributed by atoms with van der Waals surface area (Å²) in [5, 5.41) is 10.0. The zero-order valence-electron chi connectivity index (χ0n) is 35.5. The van der Waals surface area contributed by atoms with Gasteiger partial charge in [0, 0.05) is 39.5 Å². The molecule has 1 heterocycles. The molecular weight excluding hydrogens is 785 g/mol. The monoisotopic (exact) mass is 848 g/mol. The molecule has 3 amide bonds. The Hall–Kier alpha value is -4.36. The van der Waals surface area contributed by atoms with Crippen molar-refractivity contribution in [1.29, 1.82) is 0 Å². The minimum Gasteiger partial charge on any atom is -0.493 e. The number of hydrogen-bond donors (Lipinski definition) is 4. The van der Waals surface area contributed by atoms with E-state index in [4.69, 9.17) is 49.8 Å². The number of hydrogen-bond acceptors (Lipinski definition) is 12. The highest BCUT2D eigenvalue weighted by Gasteiger charge is 2.49. The number of alkyl halides is 3. The molecule has 0 radical (unpaired) electrons. The molecule has 1 aromatic carbocycles. The summed E-state index contributed by atoms with van der Waals surface area (Å²) in [6.45, 7) is 14.1. The lowest BCUT2D eigenvalue weighted by Crippen LogP contribution is -2.47. The SMILES string of the molecule is COCCCOc1cc(CC(C[C@H]2[C@H](CC(C(=O)NCC(C)(C)C(N)=O)C(C)C)OCN2C(=O)OC(C)OC(=O)C2(N)CC2)C(C)C)ccc1OC.O=C(O)C(F)(F)F. The van der Waals surface area contributed by atoms with E-state index in [1.807, 2.05) is 32.0 Å². The summed E-state index contributed by atoms with van der Waals surface area (Å²) in [6, 6.07) is 5.43. The molecule has 2 aliphatic rings. The second kappa shape index (κ2) is 22.3. The van der Waals surface area contributed by atoms with Crippen molar-refractivity contribution in [3.63, 3.8) is 0 Å². The Balaban J connectivity index is 0.00000157. The number of aliphatic carboxylic acids is 1. The summed E-state index contributed by atoms with van der Waals surface area (Å²) < 4.78 is 65.7. The van der Waals surface area contributed by atoms with Gasteiger partial charge in [0.1, 0.15) is 12.3 Å². The number of nitrogens with two attached hydrogens (primary N) is 2. The van der Waals surface area contributed by atoms with Crippen molar-refractivity contribution >= 4 is 29.8 Å². The van der Waals surface area contributed by atoms with Gasteiger partial charge >= 0.3 is 24.2 Å². The van der Waals surface area contributed by atoms with E-state index in [1.165, 1.54) is 11.8 Å². The van der Waals surface area contributed by atoms with Crippen LogP contribution in [0.25, 0.3) is 0 Å². The standard InChI is InChI=1S/C38H62N4O10.C2HF3O2/c1-23(2)27(17-26-11-12-30(48-9)32(18-26)49-16-10-15-47-8)19-29-31(20-28(24(3)4)33(43)41-21-37(6,7)34(39)44)50-22-42(29)36(46)52-25(5)51-35(45)38(40)13-14-38;3-2(4,5)1(6)7/h11-12,18,23-25,27-29,31H,10,13-17,19-22,40H2,1-9H3,(H2,39,44)(H,41,43);(H,6,7)/t25?,27?,28?,29-,31-;/m0./s1. The molecule has 1 saturated heterocycles. The predicted octanol–water partition coefficient (Wildman–Crippen LogP) is 4.78. The first kappa shape index (κ1) is 50.8. The molecular formula is C40H63F3N4O12. The number of rotatable bonds is 21. The van der Waals surface area contributed by atoms with Crippen LogP contribution in [0.15, 0.2) is 18.2 Å². The van der Waals surface area contributed by atoms with Crippen LogP contribution < -0.4 is 26.3 Å². The van der Waals surface area contributed by atoms with E-state index in [2.05, 4.69) is 19.2 Å². The molecule has 6 N–H and O–H groups in total. The molecule has 0 bridgehead atoms. The van der Waals surface area contributed by atoms with Gasteiger partial charge in [-0.05, 0) is 81.4 Å². The van der Waals surface area contributed by atoms with E-state index in [9.17, 15) is 32.3 Å². The van der Waals surface area contributed by atoms with Crippen LogP contribution in [0.4, 0.5) is 18.0 Å². The Bertz CT molecular complexity index is 1570. The fraction of sp³-hybridized carbons (Fsp3) is 0.725. The molecule has 16 nitrogen and oxygen atoms in total. The summed E-state index contributed by atoms with van der Waals surface area (Å²) in [6.07, 6.45) is -4.14. The van der Waals surface area contributed by atoms with Crippen LogP contribution in [0.5, 0.6) is 11.5 Å². The van der Waals surface area contributed by atoms with Crippen LogP contribution in [0.2, 0.25) is 0 Å². The maximum absolute atomic E-state index is 13.7. The number of primary amides is 1. The average molecular weight is 849 g/mol. The number of carboxylic acids is 1. The lowest BCUT2D eigenvalue weighted by molar-refractivity contribution is -0.192. The summed E-state index contributed by atoms with van der Waals surface area (Å²) in [5.74, 6) is -3.10. The molecule has 3 unspecified atom stereocenters. The zero-order valence-corrected chi connectivity index (χ0v) is 35.5. The van der Waals surface area contributed by atoms with Gasteiger partial charge < -0.3 is 50.3 Å². The maximum Gasteiger partial charge on any atom is 0.490 e. The van der Waals surface area contributed by atoms with Gasteiger partial charge in [-0.1, -0.05) is 33.8 Å². The number of carboxylic acid groups (broad SMARTS) is 1. The molecule has 1 aromatic rings. The zero-order chi connectivity index (χ0) is 44.9. The molecule has 19 heteroatoms. The normalized spacial score (nSPS) is 18.9. The van der Waals surface area contributed by atoms with Crippen molar-refractivity contribution in [2.75, 3.05) is 40.7 Å². The van der Waals surface area contributed by atoms with Crippen LogP contribution >= 0.6 is 0 Å². The van der Waals surface area contributed by atoms with Gasteiger partial charge in [-0.3, -0.25) is 14.5 Å². The molecule has 0 aromatic heterocycles. The number of carbonyl (C=O) groups excluding carboxylic acids is 4. The van der Waals surface area contributed by atoms with Gasteiger partial charge in [-0.2, -0.15) is 13.2 Å². The molecule has 5 atom stereocenters. The van der Waals surface area contributed by atoms with E-state index in [0.717, 1.165) is 12.0 Å². The highest BCUT2D eigenvalue weighted by Crippen LogP contribution is 2.37. The first-order valence-corrected chi connectivity index (χ1v) is 19.6. The number of benzene rings is 1. The van der Waals surface area contributed by atoms with Crippen LogP contribution in [-0.2, 0) is 44.5 Å². The van der Waals surface area contributed by atoms with Gasteiger partial charge in [0.2, 0.25) is 18.1 Å². The van der Waals surface area contributed by atoms with E-state index < -0.39 is 65.4 Å². The van der Waals surface area contributed by atoms with Gasteiger partial charge in [-0.25, -0.2) is 14.4 Å². The van der Waals surface area contributed by atoms with Gasteiger partial charge in [0.25, 0.3) is 0 Å². The Labute approximate surface area is 344 Å². The quantitative estimate of drug-likeness (QED) is 0.0743. The lowest BCUT2D eigenvalue weighted by atomic mass is 9.80. The second-order valence-corrected chi connectivity index (χ2v) is 16.4. The third kappa shape index (κ3) is 16.0. The van der Waals surface area contributed by atoms with Gasteiger partial charge in [-0.15, -0.1) is 0 Å². The second-order valence-electron chi connectivity index (χ2n) is 16.4. The summed E-state index contributed by atoms with van der Waals surface area (Å²) in [7, 11) is 3.26. The van der Waals surface area contributed by atoms with Crippen molar-refractivity contribution < 1.29 is 70.7 Å². The number of amides is 3. The van der Waals surface area contributed by atoms with Crippen LogP contribution in [-0.4, -0.2) is 111 Å². The molecule has 0 spiro atoms. The number of halogens is 3. The third-order valence-electron chi connectivity index (χ3n) is 10.4. The number of nitrogens with zero attached hydrogens (tertiary/aromatic N) is 1. The smallest absolute Gasteiger partial charge is 0.490 e. The fourth-order valence-corrected chi connectivity index (χ4v) is 6.13. The van der Waals surface area contributed by atoms with Gasteiger partial charge in [0.05, 0.1) is 31.3 Å². The Morgan fingerprint density at radius 3 is 2.12 bits per heavy atom. The molecule has 1 aliphatic heterocycles. The molecule has 1 saturated carbocycles. The van der Waals surface area contributed by atoms with Crippen LogP contribution in [0, 0.1) is 29.1 Å². The van der Waals surface area contributed by atoms with Crippen molar-refractivity contribution in [1.82, 2.24) is 10.2 Å². The fourth-order valence-electron chi connectivity index (χ4n) is 6.13. The Morgan fingerprint density at radius 2 is 1.61 bits per heavy atom. The van der Waals surface area contributed by atoms with E-state index in [0.29, 0.717) is 56.8 Å². The average Bonchev–Trinajstić information content (AvgIpc) is 3.78. The van der Waals surface area contributed by atoms with Gasteiger partial charge in [0.15, 0.2) is 11.5 Å². The maximum atomic E-state index is 13.7. The molecule has 3 rings (SSSR count). The van der Waals surface area contributed by atoms with E-state index in [-0.39, 0.29) is 36.9 Å². The van der Waals surface area contributed by atoms with E-state index >= 15 is 0 Å². The minimum absolute atomic E-state index is 0.0659. The summed E-state index contributed by atoms with van der Waals surface area (Å²) >= 11 is 0. The third-order valence-corrected chi connectivity index (χ3v) is 10.4. The lowest BCUT2D eigenvalue weighted by Gasteiger charge is -2.33. The number of esters is 1. The number of nitrogens with one attached hydrogen (secondary N) is 1. The van der Waals surface area contributed by atoms with Crippen LogP contribution in [0.1, 0.15) is 86.1 Å².